The first kappa shape index (κ1) is 22.4. The number of allylic oxidation sites excluding steroid dienone is 1. The Bertz CT molecular complexity index is 1120. The van der Waals surface area contributed by atoms with Crippen molar-refractivity contribution in [3.05, 3.63) is 83.9 Å². The molecule has 0 aromatic heterocycles. The molecule has 3 aromatic carbocycles. The SMILES string of the molecule is COc1ccc(NC(=O)Nc2cccc(C(=O)/C=C/c3ccc(OC)cc3OC)c2)cc1. The van der Waals surface area contributed by atoms with Crippen LogP contribution in [0.3, 0.4) is 0 Å². The van der Waals surface area contributed by atoms with Crippen LogP contribution in [0, 0.1) is 0 Å². The molecule has 3 aromatic rings. The monoisotopic (exact) mass is 432 g/mol. The van der Waals surface area contributed by atoms with Crippen LogP contribution in [0.2, 0.25) is 0 Å². The average Bonchev–Trinajstić information content (AvgIpc) is 2.83. The minimum Gasteiger partial charge on any atom is -0.497 e. The van der Waals surface area contributed by atoms with Crippen molar-refractivity contribution in [3.63, 3.8) is 0 Å². The van der Waals surface area contributed by atoms with Gasteiger partial charge in [0.15, 0.2) is 5.78 Å². The molecule has 0 heterocycles. The molecule has 0 aliphatic carbocycles. The number of urea groups is 1. The highest BCUT2D eigenvalue weighted by Crippen LogP contribution is 2.26. The highest BCUT2D eigenvalue weighted by atomic mass is 16.5. The molecule has 0 saturated heterocycles. The summed E-state index contributed by atoms with van der Waals surface area (Å²) in [4.78, 5) is 24.9. The summed E-state index contributed by atoms with van der Waals surface area (Å²) >= 11 is 0. The van der Waals surface area contributed by atoms with Crippen LogP contribution in [-0.2, 0) is 0 Å². The molecule has 0 spiro atoms. The number of carbonyl (C=O) groups excluding carboxylic acids is 2. The Hall–Kier alpha value is -4.26. The first-order valence-electron chi connectivity index (χ1n) is 9.79. The van der Waals surface area contributed by atoms with Crippen LogP contribution in [0.15, 0.2) is 72.8 Å². The number of nitrogens with one attached hydrogen (secondary N) is 2. The van der Waals surface area contributed by atoms with Gasteiger partial charge in [0.05, 0.1) is 21.3 Å². The van der Waals surface area contributed by atoms with Crippen molar-refractivity contribution in [2.24, 2.45) is 0 Å². The molecule has 32 heavy (non-hydrogen) atoms. The summed E-state index contributed by atoms with van der Waals surface area (Å²) in [6.45, 7) is 0. The van der Waals surface area contributed by atoms with E-state index in [4.69, 9.17) is 14.2 Å². The minimum atomic E-state index is -0.418. The number of ketones is 1. The second kappa shape index (κ2) is 10.7. The third kappa shape index (κ3) is 5.89. The molecular formula is C25H24N2O5. The maximum Gasteiger partial charge on any atom is 0.323 e. The molecule has 0 fully saturated rings. The van der Waals surface area contributed by atoms with Gasteiger partial charge in [-0.1, -0.05) is 12.1 Å². The van der Waals surface area contributed by atoms with Gasteiger partial charge in [-0.15, -0.1) is 0 Å². The number of methoxy groups -OCH3 is 3. The highest BCUT2D eigenvalue weighted by Gasteiger charge is 2.08. The van der Waals surface area contributed by atoms with Gasteiger partial charge in [0.2, 0.25) is 0 Å². The summed E-state index contributed by atoms with van der Waals surface area (Å²) in [6, 6.07) is 18.6. The lowest BCUT2D eigenvalue weighted by Crippen LogP contribution is -2.19. The highest BCUT2D eigenvalue weighted by molar-refractivity contribution is 6.08. The second-order valence-corrected chi connectivity index (χ2v) is 6.69. The maximum absolute atomic E-state index is 12.6. The van der Waals surface area contributed by atoms with Crippen molar-refractivity contribution < 1.29 is 23.8 Å². The van der Waals surface area contributed by atoms with Crippen molar-refractivity contribution in [3.8, 4) is 17.2 Å². The quantitative estimate of drug-likeness (QED) is 0.375. The van der Waals surface area contributed by atoms with Crippen LogP contribution >= 0.6 is 0 Å². The van der Waals surface area contributed by atoms with E-state index in [0.717, 1.165) is 5.56 Å². The molecule has 7 nitrogen and oxygen atoms in total. The number of carbonyl (C=O) groups is 2. The Balaban J connectivity index is 1.66. The molecular weight excluding hydrogens is 408 g/mol. The van der Waals surface area contributed by atoms with E-state index in [2.05, 4.69) is 10.6 Å². The number of ether oxygens (including phenoxy) is 3. The maximum atomic E-state index is 12.6. The molecule has 0 unspecified atom stereocenters. The van der Waals surface area contributed by atoms with Crippen molar-refractivity contribution >= 4 is 29.3 Å². The van der Waals surface area contributed by atoms with Crippen molar-refractivity contribution in [2.45, 2.75) is 0 Å². The Morgan fingerprint density at radius 1 is 0.750 bits per heavy atom. The smallest absolute Gasteiger partial charge is 0.323 e. The van der Waals surface area contributed by atoms with E-state index in [1.807, 2.05) is 6.07 Å². The molecule has 0 aliphatic rings. The van der Waals surface area contributed by atoms with Crippen LogP contribution in [0.5, 0.6) is 17.2 Å². The predicted octanol–water partition coefficient (Wildman–Crippen LogP) is 5.25. The van der Waals surface area contributed by atoms with Gasteiger partial charge >= 0.3 is 6.03 Å². The van der Waals surface area contributed by atoms with E-state index in [0.29, 0.717) is 34.2 Å². The average molecular weight is 432 g/mol. The van der Waals surface area contributed by atoms with Crippen LogP contribution < -0.4 is 24.8 Å². The van der Waals surface area contributed by atoms with Gasteiger partial charge in [-0.05, 0) is 60.7 Å². The lowest BCUT2D eigenvalue weighted by molar-refractivity contribution is 0.104. The van der Waals surface area contributed by atoms with E-state index < -0.39 is 6.03 Å². The van der Waals surface area contributed by atoms with Crippen LogP contribution in [0.25, 0.3) is 6.08 Å². The first-order valence-corrected chi connectivity index (χ1v) is 9.79. The molecule has 0 atom stereocenters. The largest absolute Gasteiger partial charge is 0.497 e. The van der Waals surface area contributed by atoms with Gasteiger partial charge in [-0.25, -0.2) is 4.79 Å². The molecule has 3 rings (SSSR count). The topological polar surface area (TPSA) is 85.9 Å². The van der Waals surface area contributed by atoms with Crippen LogP contribution in [-0.4, -0.2) is 33.1 Å². The summed E-state index contributed by atoms with van der Waals surface area (Å²) in [5.74, 6) is 1.75. The molecule has 0 bridgehead atoms. The third-order valence-electron chi connectivity index (χ3n) is 4.61. The number of rotatable bonds is 8. The van der Waals surface area contributed by atoms with Crippen molar-refractivity contribution in [1.29, 1.82) is 0 Å². The summed E-state index contributed by atoms with van der Waals surface area (Å²) in [7, 11) is 4.71. The first-order chi connectivity index (χ1) is 15.5. The summed E-state index contributed by atoms with van der Waals surface area (Å²) in [5, 5.41) is 5.46. The van der Waals surface area contributed by atoms with Gasteiger partial charge in [0, 0.05) is 28.6 Å². The number of hydrogen-bond donors (Lipinski definition) is 2. The summed E-state index contributed by atoms with van der Waals surface area (Å²) in [6.07, 6.45) is 3.14. The van der Waals surface area contributed by atoms with E-state index in [9.17, 15) is 9.59 Å². The fourth-order valence-corrected chi connectivity index (χ4v) is 2.94. The number of benzene rings is 3. The normalized spacial score (nSPS) is 10.5. The molecule has 0 aliphatic heterocycles. The predicted molar refractivity (Wildman–Crippen MR) is 125 cm³/mol. The molecule has 0 saturated carbocycles. The fraction of sp³-hybridized carbons (Fsp3) is 0.120. The second-order valence-electron chi connectivity index (χ2n) is 6.69. The minimum absolute atomic E-state index is 0.206. The summed E-state index contributed by atoms with van der Waals surface area (Å²) in [5.41, 5.74) is 2.30. The Kier molecular flexibility index (Phi) is 7.48. The zero-order chi connectivity index (χ0) is 22.9. The van der Waals surface area contributed by atoms with E-state index in [1.54, 1.807) is 88.1 Å². The number of hydrogen-bond acceptors (Lipinski definition) is 5. The third-order valence-corrected chi connectivity index (χ3v) is 4.61. The van der Waals surface area contributed by atoms with Crippen molar-refractivity contribution in [1.82, 2.24) is 0 Å². The molecule has 0 radical (unpaired) electrons. The van der Waals surface area contributed by atoms with Crippen LogP contribution in [0.1, 0.15) is 15.9 Å². The lowest BCUT2D eigenvalue weighted by atomic mass is 10.1. The number of anilines is 2. The van der Waals surface area contributed by atoms with E-state index >= 15 is 0 Å². The zero-order valence-electron chi connectivity index (χ0n) is 18.0. The molecule has 7 heteroatoms. The van der Waals surface area contributed by atoms with Gasteiger partial charge in [0.1, 0.15) is 17.2 Å². The van der Waals surface area contributed by atoms with Crippen LogP contribution in [0.4, 0.5) is 16.2 Å². The van der Waals surface area contributed by atoms with Gasteiger partial charge in [0.25, 0.3) is 0 Å². The van der Waals surface area contributed by atoms with Crippen molar-refractivity contribution in [2.75, 3.05) is 32.0 Å². The Labute approximate surface area is 186 Å². The van der Waals surface area contributed by atoms with E-state index in [-0.39, 0.29) is 5.78 Å². The van der Waals surface area contributed by atoms with E-state index in [1.165, 1.54) is 6.08 Å². The Morgan fingerprint density at radius 3 is 2.12 bits per heavy atom. The lowest BCUT2D eigenvalue weighted by Gasteiger charge is -2.09. The summed E-state index contributed by atoms with van der Waals surface area (Å²) < 4.78 is 15.6. The Morgan fingerprint density at radius 2 is 1.44 bits per heavy atom. The number of amides is 2. The van der Waals surface area contributed by atoms with Gasteiger partial charge in [-0.3, -0.25) is 4.79 Å². The molecule has 2 N–H and O–H groups in total. The zero-order valence-corrected chi connectivity index (χ0v) is 18.0. The molecule has 2 amide bonds. The standard InChI is InChI=1S/C25H24N2O5/c1-30-21-12-9-19(10-13-21)26-25(29)27-20-6-4-5-18(15-20)23(28)14-8-17-7-11-22(31-2)16-24(17)32-3/h4-16H,1-3H3,(H2,26,27,29)/b14-8+. The van der Waals surface area contributed by atoms with Gasteiger partial charge < -0.3 is 24.8 Å². The van der Waals surface area contributed by atoms with Gasteiger partial charge in [-0.2, -0.15) is 0 Å². The fourth-order valence-electron chi connectivity index (χ4n) is 2.94. The molecule has 164 valence electrons.